The number of aliphatic imine (C=N–C) groups is 1. The van der Waals surface area contributed by atoms with Gasteiger partial charge in [-0.1, -0.05) is 26.0 Å². The number of hydrogen-bond donors (Lipinski definition) is 2. The van der Waals surface area contributed by atoms with Crippen LogP contribution in [0, 0.1) is 0 Å². The van der Waals surface area contributed by atoms with Crippen molar-refractivity contribution in [1.82, 2.24) is 15.5 Å². The minimum absolute atomic E-state index is 0. The van der Waals surface area contributed by atoms with E-state index in [4.69, 9.17) is 14.1 Å². The van der Waals surface area contributed by atoms with Gasteiger partial charge in [0.1, 0.15) is 11.5 Å². The number of benzene rings is 1. The normalized spacial score (nSPS) is 12.4. The lowest BCUT2D eigenvalue weighted by molar-refractivity contribution is 0.193. The minimum atomic E-state index is 0. The molecule has 1 unspecified atom stereocenters. The highest BCUT2D eigenvalue weighted by atomic mass is 127. The standard InChI is InChI=1S/C21H32N4O2.HI/c1-5-22-21(23-15-17-10-12-18(26-4)13-11-17)24-16-19(25(6-2)7-3)20-9-8-14-27-20;/h8-14,19H,5-7,15-16H2,1-4H3,(H2,22,23,24);1H. The molecule has 28 heavy (non-hydrogen) atoms. The number of nitrogens with zero attached hydrogens (tertiary/aromatic N) is 2. The molecule has 0 amide bonds. The first-order chi connectivity index (χ1) is 13.2. The molecule has 0 aliphatic rings. The Labute approximate surface area is 185 Å². The molecule has 0 saturated carbocycles. The smallest absolute Gasteiger partial charge is 0.191 e. The van der Waals surface area contributed by atoms with E-state index in [-0.39, 0.29) is 30.0 Å². The van der Waals surface area contributed by atoms with Crippen LogP contribution in [0.25, 0.3) is 0 Å². The summed E-state index contributed by atoms with van der Waals surface area (Å²) in [6.45, 7) is 10.5. The lowest BCUT2D eigenvalue weighted by Gasteiger charge is -2.28. The maximum absolute atomic E-state index is 5.67. The van der Waals surface area contributed by atoms with Crippen LogP contribution < -0.4 is 15.4 Å². The Bertz CT molecular complexity index is 670. The van der Waals surface area contributed by atoms with Crippen LogP contribution in [0.15, 0.2) is 52.1 Å². The number of rotatable bonds is 10. The maximum atomic E-state index is 5.67. The second kappa shape index (κ2) is 13.4. The van der Waals surface area contributed by atoms with Crippen LogP contribution in [0.2, 0.25) is 0 Å². The van der Waals surface area contributed by atoms with E-state index in [0.717, 1.165) is 49.2 Å². The number of nitrogens with one attached hydrogen (secondary N) is 2. The zero-order valence-corrected chi connectivity index (χ0v) is 19.6. The predicted molar refractivity (Wildman–Crippen MR) is 126 cm³/mol. The largest absolute Gasteiger partial charge is 0.497 e. The molecule has 2 N–H and O–H groups in total. The molecule has 1 aromatic heterocycles. The SMILES string of the molecule is CCNC(=NCc1ccc(OC)cc1)NCC(c1ccco1)N(CC)CC.I. The quantitative estimate of drug-likeness (QED) is 0.293. The highest BCUT2D eigenvalue weighted by Gasteiger charge is 2.20. The molecule has 1 heterocycles. The molecule has 0 radical (unpaired) electrons. The van der Waals surface area contributed by atoms with Crippen molar-refractivity contribution in [3.8, 4) is 5.75 Å². The fourth-order valence-electron chi connectivity index (χ4n) is 2.99. The molecule has 6 nitrogen and oxygen atoms in total. The number of likely N-dealkylation sites (N-methyl/N-ethyl adjacent to an activating group) is 1. The number of furan rings is 1. The lowest BCUT2D eigenvalue weighted by atomic mass is 10.2. The van der Waals surface area contributed by atoms with Crippen LogP contribution in [-0.4, -0.2) is 44.1 Å². The Kier molecular flexibility index (Phi) is 11.7. The number of methoxy groups -OCH3 is 1. The van der Waals surface area contributed by atoms with Crippen LogP contribution in [0.5, 0.6) is 5.75 Å². The molecule has 0 spiro atoms. The summed E-state index contributed by atoms with van der Waals surface area (Å²) >= 11 is 0. The van der Waals surface area contributed by atoms with Crippen molar-refractivity contribution in [3.63, 3.8) is 0 Å². The van der Waals surface area contributed by atoms with Crippen molar-refractivity contribution in [1.29, 1.82) is 0 Å². The van der Waals surface area contributed by atoms with E-state index >= 15 is 0 Å². The molecule has 0 saturated heterocycles. The van der Waals surface area contributed by atoms with Gasteiger partial charge in [-0.25, -0.2) is 4.99 Å². The van der Waals surface area contributed by atoms with Gasteiger partial charge in [-0.3, -0.25) is 4.90 Å². The number of guanidine groups is 1. The zero-order valence-electron chi connectivity index (χ0n) is 17.3. The van der Waals surface area contributed by atoms with Gasteiger partial charge in [-0.05, 0) is 49.8 Å². The number of hydrogen-bond acceptors (Lipinski definition) is 4. The van der Waals surface area contributed by atoms with Gasteiger partial charge in [-0.2, -0.15) is 0 Å². The molecular formula is C21H33IN4O2. The summed E-state index contributed by atoms with van der Waals surface area (Å²) in [6, 6.07) is 12.1. The van der Waals surface area contributed by atoms with Crippen molar-refractivity contribution >= 4 is 29.9 Å². The molecule has 0 bridgehead atoms. The van der Waals surface area contributed by atoms with Crippen molar-refractivity contribution in [2.45, 2.75) is 33.4 Å². The summed E-state index contributed by atoms with van der Waals surface area (Å²) < 4.78 is 10.9. The van der Waals surface area contributed by atoms with Crippen LogP contribution in [-0.2, 0) is 6.54 Å². The van der Waals surface area contributed by atoms with E-state index < -0.39 is 0 Å². The Morgan fingerprint density at radius 2 is 1.82 bits per heavy atom. The second-order valence-corrected chi connectivity index (χ2v) is 6.18. The molecule has 2 aromatic rings. The van der Waals surface area contributed by atoms with Crippen molar-refractivity contribution in [2.75, 3.05) is 33.3 Å². The summed E-state index contributed by atoms with van der Waals surface area (Å²) in [6.07, 6.45) is 1.73. The first-order valence-corrected chi connectivity index (χ1v) is 9.64. The van der Waals surface area contributed by atoms with Gasteiger partial charge >= 0.3 is 0 Å². The summed E-state index contributed by atoms with van der Waals surface area (Å²) in [7, 11) is 1.67. The summed E-state index contributed by atoms with van der Waals surface area (Å²) in [5.74, 6) is 2.63. The molecule has 7 heteroatoms. The van der Waals surface area contributed by atoms with E-state index in [0.29, 0.717) is 6.54 Å². The molecule has 0 fully saturated rings. The molecule has 156 valence electrons. The molecule has 0 aliphatic carbocycles. The van der Waals surface area contributed by atoms with E-state index in [1.165, 1.54) is 0 Å². The van der Waals surface area contributed by atoms with Crippen LogP contribution in [0.1, 0.15) is 38.1 Å². The number of halogens is 1. The van der Waals surface area contributed by atoms with Crippen molar-refractivity contribution < 1.29 is 9.15 Å². The third-order valence-corrected chi connectivity index (χ3v) is 4.51. The minimum Gasteiger partial charge on any atom is -0.497 e. The van der Waals surface area contributed by atoms with Crippen LogP contribution in [0.3, 0.4) is 0 Å². The van der Waals surface area contributed by atoms with E-state index in [1.54, 1.807) is 13.4 Å². The third kappa shape index (κ3) is 7.35. The maximum Gasteiger partial charge on any atom is 0.191 e. The molecule has 1 atom stereocenters. The van der Waals surface area contributed by atoms with E-state index in [2.05, 4.69) is 36.3 Å². The Morgan fingerprint density at radius 3 is 2.36 bits per heavy atom. The Hall–Kier alpha value is -1.74. The highest BCUT2D eigenvalue weighted by Crippen LogP contribution is 2.20. The van der Waals surface area contributed by atoms with E-state index in [9.17, 15) is 0 Å². The summed E-state index contributed by atoms with van der Waals surface area (Å²) in [5.41, 5.74) is 1.14. The summed E-state index contributed by atoms with van der Waals surface area (Å²) in [5, 5.41) is 6.78. The molecule has 2 rings (SSSR count). The second-order valence-electron chi connectivity index (χ2n) is 6.18. The topological polar surface area (TPSA) is 62.0 Å². The average molecular weight is 500 g/mol. The first kappa shape index (κ1) is 24.3. The zero-order chi connectivity index (χ0) is 19.5. The lowest BCUT2D eigenvalue weighted by Crippen LogP contribution is -2.43. The summed E-state index contributed by atoms with van der Waals surface area (Å²) in [4.78, 5) is 7.08. The van der Waals surface area contributed by atoms with Crippen molar-refractivity contribution in [2.24, 2.45) is 4.99 Å². The van der Waals surface area contributed by atoms with Crippen LogP contribution in [0.4, 0.5) is 0 Å². The van der Waals surface area contributed by atoms with Gasteiger partial charge in [0, 0.05) is 13.1 Å². The first-order valence-electron chi connectivity index (χ1n) is 9.64. The van der Waals surface area contributed by atoms with Gasteiger partial charge in [0.05, 0.1) is 26.0 Å². The molecular weight excluding hydrogens is 467 g/mol. The van der Waals surface area contributed by atoms with Crippen LogP contribution >= 0.6 is 24.0 Å². The van der Waals surface area contributed by atoms with Gasteiger partial charge in [0.2, 0.25) is 0 Å². The molecule has 1 aromatic carbocycles. The molecule has 0 aliphatic heterocycles. The van der Waals surface area contributed by atoms with Gasteiger partial charge in [-0.15, -0.1) is 24.0 Å². The number of ether oxygens (including phenoxy) is 1. The van der Waals surface area contributed by atoms with Gasteiger partial charge < -0.3 is 19.8 Å². The van der Waals surface area contributed by atoms with E-state index in [1.807, 2.05) is 36.4 Å². The Morgan fingerprint density at radius 1 is 1.11 bits per heavy atom. The highest BCUT2D eigenvalue weighted by molar-refractivity contribution is 14.0. The fourth-order valence-corrected chi connectivity index (χ4v) is 2.99. The monoisotopic (exact) mass is 500 g/mol. The van der Waals surface area contributed by atoms with Crippen molar-refractivity contribution in [3.05, 3.63) is 54.0 Å². The average Bonchev–Trinajstić information content (AvgIpc) is 3.24. The Balaban J connectivity index is 0.00000392. The fraction of sp³-hybridized carbons (Fsp3) is 0.476. The van der Waals surface area contributed by atoms with Gasteiger partial charge in [0.15, 0.2) is 5.96 Å². The predicted octanol–water partition coefficient (Wildman–Crippen LogP) is 4.04. The van der Waals surface area contributed by atoms with Gasteiger partial charge in [0.25, 0.3) is 0 Å². The third-order valence-electron chi connectivity index (χ3n) is 4.51.